The van der Waals surface area contributed by atoms with Crippen LogP contribution in [-0.2, 0) is 6.42 Å². The molecule has 8 heteroatoms. The number of anilines is 1. The number of alkyl halides is 2. The maximum Gasteiger partial charge on any atom is 0.387 e. The first-order valence-electron chi connectivity index (χ1n) is 11.1. The molecule has 1 N–H and O–H groups in total. The quantitative estimate of drug-likeness (QED) is 0.353. The first-order chi connectivity index (χ1) is 16.8. The summed E-state index contributed by atoms with van der Waals surface area (Å²) in [4.78, 5) is 13.1. The number of halogens is 2. The molecule has 0 radical (unpaired) electrons. The maximum atomic E-state index is 13.1. The summed E-state index contributed by atoms with van der Waals surface area (Å²) in [5, 5.41) is 7.42. The Bertz CT molecular complexity index is 1370. The summed E-state index contributed by atoms with van der Waals surface area (Å²) in [5.74, 6) is 0.867. The molecule has 1 aromatic heterocycles. The van der Waals surface area contributed by atoms with Gasteiger partial charge in [0, 0.05) is 35.0 Å². The molecule has 0 saturated heterocycles. The Morgan fingerprint density at radius 2 is 1.80 bits per heavy atom. The van der Waals surface area contributed by atoms with Gasteiger partial charge in [-0.05, 0) is 61.9 Å². The Labute approximate surface area is 201 Å². The first kappa shape index (κ1) is 22.6. The summed E-state index contributed by atoms with van der Waals surface area (Å²) in [6, 6.07) is 20.8. The van der Waals surface area contributed by atoms with Gasteiger partial charge in [-0.1, -0.05) is 30.3 Å². The van der Waals surface area contributed by atoms with Gasteiger partial charge in [-0.15, -0.1) is 0 Å². The number of rotatable bonds is 5. The molecule has 0 bridgehead atoms. The molecule has 0 fully saturated rings. The number of benzene rings is 3. The van der Waals surface area contributed by atoms with Gasteiger partial charge in [0.15, 0.2) is 0 Å². The highest BCUT2D eigenvalue weighted by Crippen LogP contribution is 2.36. The molecule has 1 aliphatic heterocycles. The minimum Gasteiger partial charge on any atom is -0.487 e. The Kier molecular flexibility index (Phi) is 5.72. The molecule has 0 atom stereocenters. The zero-order chi connectivity index (χ0) is 24.6. The third-order valence-electron chi connectivity index (χ3n) is 5.67. The predicted octanol–water partition coefficient (Wildman–Crippen LogP) is 6.61. The lowest BCUT2D eigenvalue weighted by Gasteiger charge is -2.16. The number of hydrogen-bond acceptors (Lipinski definition) is 4. The van der Waals surface area contributed by atoms with Gasteiger partial charge >= 0.3 is 12.6 Å². The molecule has 0 saturated carbocycles. The molecule has 6 nitrogen and oxygen atoms in total. The van der Waals surface area contributed by atoms with E-state index in [1.165, 1.54) is 16.8 Å². The number of nitrogens with zero attached hydrogens (tertiary/aromatic N) is 2. The van der Waals surface area contributed by atoms with Crippen molar-refractivity contribution < 1.29 is 23.0 Å². The molecule has 3 aromatic carbocycles. The SMILES string of the molecule is CC1(C)Cc2cc(NC(=O)n3cc(-c4ccccc4)c(-c4ccc(OC(F)F)cc4)n3)ccc2O1. The van der Waals surface area contributed by atoms with Gasteiger partial charge in [-0.3, -0.25) is 0 Å². The van der Waals surface area contributed by atoms with Crippen molar-refractivity contribution in [2.45, 2.75) is 32.5 Å². The third-order valence-corrected chi connectivity index (χ3v) is 5.67. The van der Waals surface area contributed by atoms with Crippen LogP contribution >= 0.6 is 0 Å². The molecule has 0 spiro atoms. The third kappa shape index (κ3) is 4.87. The van der Waals surface area contributed by atoms with E-state index in [0.717, 1.165) is 28.9 Å². The zero-order valence-electron chi connectivity index (χ0n) is 19.2. The first-order valence-corrected chi connectivity index (χ1v) is 11.1. The summed E-state index contributed by atoms with van der Waals surface area (Å²) in [5.41, 5.74) is 4.20. The van der Waals surface area contributed by atoms with Gasteiger partial charge < -0.3 is 14.8 Å². The summed E-state index contributed by atoms with van der Waals surface area (Å²) in [7, 11) is 0. The standard InChI is InChI=1S/C27H23F2N3O3/c1-27(2)15-19-14-20(10-13-23(19)35-27)30-26(33)32-16-22(17-6-4-3-5-7-17)24(31-32)18-8-11-21(12-9-18)34-25(28)29/h3-14,16,25H,15H2,1-2H3,(H,30,33). The maximum absolute atomic E-state index is 13.1. The van der Waals surface area contributed by atoms with Crippen molar-refractivity contribution in [1.82, 2.24) is 9.78 Å². The van der Waals surface area contributed by atoms with Crippen molar-refractivity contribution in [3.63, 3.8) is 0 Å². The van der Waals surface area contributed by atoms with Crippen molar-refractivity contribution >= 4 is 11.7 Å². The molecular formula is C27H23F2N3O3. The number of nitrogens with one attached hydrogen (secondary N) is 1. The second-order valence-electron chi connectivity index (χ2n) is 8.90. The second kappa shape index (κ2) is 8.87. The van der Waals surface area contributed by atoms with Crippen LogP contribution in [0.5, 0.6) is 11.5 Å². The molecule has 0 unspecified atom stereocenters. The second-order valence-corrected chi connectivity index (χ2v) is 8.90. The van der Waals surface area contributed by atoms with Crippen molar-refractivity contribution in [3.05, 3.63) is 84.6 Å². The van der Waals surface area contributed by atoms with Gasteiger partial charge in [0.2, 0.25) is 0 Å². The number of fused-ring (bicyclic) bond motifs is 1. The van der Waals surface area contributed by atoms with Crippen LogP contribution in [0.3, 0.4) is 0 Å². The molecule has 4 aromatic rings. The van der Waals surface area contributed by atoms with E-state index in [9.17, 15) is 13.6 Å². The van der Waals surface area contributed by atoms with E-state index in [0.29, 0.717) is 16.9 Å². The number of carbonyl (C=O) groups is 1. The van der Waals surface area contributed by atoms with Crippen LogP contribution in [0, 0.1) is 0 Å². The fourth-order valence-electron chi connectivity index (χ4n) is 4.18. The van der Waals surface area contributed by atoms with Gasteiger partial charge in [-0.25, -0.2) is 4.79 Å². The van der Waals surface area contributed by atoms with E-state index in [-0.39, 0.29) is 11.4 Å². The average Bonchev–Trinajstić information content (AvgIpc) is 3.39. The lowest BCUT2D eigenvalue weighted by atomic mass is 10.0. The highest BCUT2D eigenvalue weighted by molar-refractivity contribution is 5.93. The normalized spacial score (nSPS) is 13.9. The number of ether oxygens (including phenoxy) is 2. The van der Waals surface area contributed by atoms with Crippen molar-refractivity contribution in [3.8, 4) is 33.9 Å². The summed E-state index contributed by atoms with van der Waals surface area (Å²) >= 11 is 0. The van der Waals surface area contributed by atoms with Crippen LogP contribution in [0.15, 0.2) is 79.0 Å². The largest absolute Gasteiger partial charge is 0.487 e. The zero-order valence-corrected chi connectivity index (χ0v) is 19.2. The molecular weight excluding hydrogens is 452 g/mol. The van der Waals surface area contributed by atoms with E-state index in [1.807, 2.05) is 56.3 Å². The van der Waals surface area contributed by atoms with E-state index >= 15 is 0 Å². The van der Waals surface area contributed by atoms with Crippen molar-refractivity contribution in [2.75, 3.05) is 5.32 Å². The number of hydrogen-bond donors (Lipinski definition) is 1. The highest BCUT2D eigenvalue weighted by Gasteiger charge is 2.30. The Balaban J connectivity index is 1.45. The lowest BCUT2D eigenvalue weighted by molar-refractivity contribution is -0.0498. The number of carbonyl (C=O) groups excluding carboxylic acids is 1. The van der Waals surface area contributed by atoms with Crippen molar-refractivity contribution in [1.29, 1.82) is 0 Å². The van der Waals surface area contributed by atoms with E-state index < -0.39 is 12.6 Å². The van der Waals surface area contributed by atoms with Crippen LogP contribution in [-0.4, -0.2) is 28.0 Å². The summed E-state index contributed by atoms with van der Waals surface area (Å²) in [6.07, 6.45) is 2.41. The molecule has 0 aliphatic carbocycles. The topological polar surface area (TPSA) is 65.4 Å². The lowest BCUT2D eigenvalue weighted by Crippen LogP contribution is -2.24. The molecule has 35 heavy (non-hydrogen) atoms. The highest BCUT2D eigenvalue weighted by atomic mass is 19.3. The minimum atomic E-state index is -2.90. The smallest absolute Gasteiger partial charge is 0.387 e. The van der Waals surface area contributed by atoms with E-state index in [4.69, 9.17) is 4.74 Å². The van der Waals surface area contributed by atoms with E-state index in [1.54, 1.807) is 24.4 Å². The molecule has 1 amide bonds. The average molecular weight is 475 g/mol. The number of aromatic nitrogens is 2. The van der Waals surface area contributed by atoms with Gasteiger partial charge in [0.05, 0.1) is 0 Å². The van der Waals surface area contributed by atoms with Gasteiger partial charge in [0.25, 0.3) is 0 Å². The van der Waals surface area contributed by atoms with Crippen LogP contribution in [0.1, 0.15) is 19.4 Å². The van der Waals surface area contributed by atoms with Crippen LogP contribution in [0.4, 0.5) is 19.3 Å². The summed E-state index contributed by atoms with van der Waals surface area (Å²) in [6.45, 7) is 1.14. The van der Waals surface area contributed by atoms with Crippen LogP contribution in [0.25, 0.3) is 22.4 Å². The van der Waals surface area contributed by atoms with Crippen LogP contribution in [0.2, 0.25) is 0 Å². The number of amides is 1. The fourth-order valence-corrected chi connectivity index (χ4v) is 4.18. The van der Waals surface area contributed by atoms with Gasteiger partial charge in [0.1, 0.15) is 22.8 Å². The Morgan fingerprint density at radius 1 is 1.06 bits per heavy atom. The minimum absolute atomic E-state index is 0.0472. The van der Waals surface area contributed by atoms with Crippen molar-refractivity contribution in [2.24, 2.45) is 0 Å². The molecule has 2 heterocycles. The fraction of sp³-hybridized carbons (Fsp3) is 0.185. The van der Waals surface area contributed by atoms with E-state index in [2.05, 4.69) is 15.2 Å². The molecule has 178 valence electrons. The monoisotopic (exact) mass is 475 g/mol. The van der Waals surface area contributed by atoms with Crippen LogP contribution < -0.4 is 14.8 Å². The Morgan fingerprint density at radius 3 is 2.51 bits per heavy atom. The molecule has 5 rings (SSSR count). The summed E-state index contributed by atoms with van der Waals surface area (Å²) < 4.78 is 36.6. The molecule has 1 aliphatic rings. The Hall–Kier alpha value is -4.20. The van der Waals surface area contributed by atoms with Gasteiger partial charge in [-0.2, -0.15) is 18.6 Å². The predicted molar refractivity (Wildman–Crippen MR) is 129 cm³/mol.